The van der Waals surface area contributed by atoms with Crippen molar-refractivity contribution in [1.29, 1.82) is 0 Å². The molecule has 0 bridgehead atoms. The highest BCUT2D eigenvalue weighted by molar-refractivity contribution is 7.20. The molecule has 7 heteroatoms. The van der Waals surface area contributed by atoms with Gasteiger partial charge in [-0.3, -0.25) is 4.79 Å². The van der Waals surface area contributed by atoms with Crippen molar-refractivity contribution in [2.75, 3.05) is 6.54 Å². The fourth-order valence-corrected chi connectivity index (χ4v) is 5.27. The number of thiophene rings is 1. The lowest BCUT2D eigenvalue weighted by atomic mass is 10.2. The number of hydrogen-bond acceptors (Lipinski definition) is 5. The highest BCUT2D eigenvalue weighted by atomic mass is 32.1. The number of likely N-dealkylation sites (tertiary alicyclic amines) is 1. The van der Waals surface area contributed by atoms with Gasteiger partial charge in [-0.05, 0) is 36.4 Å². The Morgan fingerprint density at radius 3 is 2.96 bits per heavy atom. The Morgan fingerprint density at radius 1 is 1.19 bits per heavy atom. The quantitative estimate of drug-likeness (QED) is 0.548. The second kappa shape index (κ2) is 6.90. The molecule has 4 heterocycles. The highest BCUT2D eigenvalue weighted by Gasteiger charge is 2.32. The first-order valence-electron chi connectivity index (χ1n) is 9.00. The third-order valence-electron chi connectivity index (χ3n) is 4.91. The maximum atomic E-state index is 13.0. The molecule has 3 aromatic heterocycles. The van der Waals surface area contributed by atoms with Crippen LogP contribution in [0.2, 0.25) is 0 Å². The maximum Gasteiger partial charge on any atom is 0.229 e. The van der Waals surface area contributed by atoms with Gasteiger partial charge in [-0.2, -0.15) is 0 Å². The fraction of sp³-hybridized carbons (Fsp3) is 0.250. The molecule has 27 heavy (non-hydrogen) atoms. The molecule has 1 aliphatic heterocycles. The molecule has 1 atom stereocenters. The second-order valence-corrected chi connectivity index (χ2v) is 8.49. The van der Waals surface area contributed by atoms with Crippen molar-refractivity contribution < 1.29 is 4.79 Å². The molecular weight excluding hydrogens is 376 g/mol. The summed E-state index contributed by atoms with van der Waals surface area (Å²) in [5, 5.41) is 5.03. The number of imidazole rings is 1. The van der Waals surface area contributed by atoms with Gasteiger partial charge in [0, 0.05) is 11.9 Å². The lowest BCUT2D eigenvalue weighted by Gasteiger charge is -2.22. The van der Waals surface area contributed by atoms with E-state index in [4.69, 9.17) is 4.98 Å². The van der Waals surface area contributed by atoms with Crippen molar-refractivity contribution in [1.82, 2.24) is 19.9 Å². The van der Waals surface area contributed by atoms with Gasteiger partial charge in [0.25, 0.3) is 0 Å². The van der Waals surface area contributed by atoms with Crippen molar-refractivity contribution in [3.63, 3.8) is 0 Å². The van der Waals surface area contributed by atoms with Gasteiger partial charge in [0.05, 0.1) is 34.1 Å². The molecular formula is C20H18N4OS2. The molecule has 1 aliphatic rings. The molecule has 0 aliphatic carbocycles. The number of benzene rings is 1. The van der Waals surface area contributed by atoms with Crippen LogP contribution in [0, 0.1) is 0 Å². The van der Waals surface area contributed by atoms with Crippen LogP contribution in [0.4, 0.5) is 0 Å². The van der Waals surface area contributed by atoms with E-state index in [-0.39, 0.29) is 11.9 Å². The monoisotopic (exact) mass is 394 g/mol. The molecule has 0 saturated carbocycles. The van der Waals surface area contributed by atoms with E-state index in [9.17, 15) is 4.79 Å². The number of thiazole rings is 1. The van der Waals surface area contributed by atoms with Gasteiger partial charge < -0.3 is 9.88 Å². The number of fused-ring (bicyclic) bond motifs is 1. The summed E-state index contributed by atoms with van der Waals surface area (Å²) in [5.74, 6) is 1.01. The van der Waals surface area contributed by atoms with Gasteiger partial charge in [0.1, 0.15) is 10.8 Å². The van der Waals surface area contributed by atoms with Gasteiger partial charge in [-0.1, -0.05) is 18.2 Å². The fourth-order valence-electron chi connectivity index (χ4n) is 3.64. The van der Waals surface area contributed by atoms with Gasteiger partial charge in [-0.15, -0.1) is 22.7 Å². The first kappa shape index (κ1) is 16.6. The Hall–Kier alpha value is -2.51. The van der Waals surface area contributed by atoms with Gasteiger partial charge >= 0.3 is 0 Å². The lowest BCUT2D eigenvalue weighted by Crippen LogP contribution is -2.32. The molecule has 1 unspecified atom stereocenters. The van der Waals surface area contributed by atoms with E-state index >= 15 is 0 Å². The molecule has 0 spiro atoms. The summed E-state index contributed by atoms with van der Waals surface area (Å²) in [6.07, 6.45) is 2.30. The van der Waals surface area contributed by atoms with Crippen LogP contribution in [0.25, 0.3) is 20.9 Å². The summed E-state index contributed by atoms with van der Waals surface area (Å²) in [7, 11) is 0. The normalized spacial score (nSPS) is 17.0. The Bertz CT molecular complexity index is 1050. The molecule has 136 valence electrons. The third-order valence-corrected chi connectivity index (χ3v) is 6.84. The zero-order valence-electron chi connectivity index (χ0n) is 14.6. The average Bonchev–Trinajstić information content (AvgIpc) is 3.47. The Balaban J connectivity index is 1.34. The molecule has 1 amide bonds. The van der Waals surface area contributed by atoms with E-state index in [1.54, 1.807) is 22.7 Å². The summed E-state index contributed by atoms with van der Waals surface area (Å²) < 4.78 is 0. The maximum absolute atomic E-state index is 13.0. The molecule has 5 rings (SSSR count). The van der Waals surface area contributed by atoms with Crippen molar-refractivity contribution in [3.8, 4) is 9.88 Å². The SMILES string of the molecule is O=C(Cc1csc(-c2cccs2)n1)N1CCCC1c1nc2ccccc2[nH]1. The van der Waals surface area contributed by atoms with Crippen LogP contribution >= 0.6 is 22.7 Å². The molecule has 1 fully saturated rings. The van der Waals surface area contributed by atoms with Crippen molar-refractivity contribution in [2.45, 2.75) is 25.3 Å². The summed E-state index contributed by atoms with van der Waals surface area (Å²) in [6.45, 7) is 0.780. The number of carbonyl (C=O) groups excluding carboxylic acids is 1. The number of aromatic nitrogens is 3. The van der Waals surface area contributed by atoms with E-state index in [0.717, 1.165) is 51.8 Å². The predicted molar refractivity (Wildman–Crippen MR) is 109 cm³/mol. The van der Waals surface area contributed by atoms with Crippen LogP contribution in [0.1, 0.15) is 30.4 Å². The van der Waals surface area contributed by atoms with Gasteiger partial charge in [-0.25, -0.2) is 9.97 Å². The Kier molecular flexibility index (Phi) is 4.26. The predicted octanol–water partition coefficient (Wildman–Crippen LogP) is 4.65. The van der Waals surface area contributed by atoms with Crippen LogP contribution < -0.4 is 0 Å². The number of nitrogens with zero attached hydrogens (tertiary/aromatic N) is 3. The van der Waals surface area contributed by atoms with E-state index in [1.165, 1.54) is 0 Å². The molecule has 1 aromatic carbocycles. The first-order chi connectivity index (χ1) is 13.3. The third kappa shape index (κ3) is 3.17. The number of amides is 1. The number of hydrogen-bond donors (Lipinski definition) is 1. The zero-order valence-corrected chi connectivity index (χ0v) is 16.2. The van der Waals surface area contributed by atoms with E-state index < -0.39 is 0 Å². The van der Waals surface area contributed by atoms with Crippen LogP contribution in [0.5, 0.6) is 0 Å². The van der Waals surface area contributed by atoms with Crippen LogP contribution in [-0.2, 0) is 11.2 Å². The van der Waals surface area contributed by atoms with Gasteiger partial charge in [0.2, 0.25) is 5.91 Å². The van der Waals surface area contributed by atoms with Crippen molar-refractivity contribution >= 4 is 39.6 Å². The summed E-state index contributed by atoms with van der Waals surface area (Å²) in [5.41, 5.74) is 2.82. The first-order valence-corrected chi connectivity index (χ1v) is 10.8. The van der Waals surface area contributed by atoms with Gasteiger partial charge in [0.15, 0.2) is 0 Å². The Morgan fingerprint density at radius 2 is 2.11 bits per heavy atom. The molecule has 5 nitrogen and oxygen atoms in total. The standard InChI is InChI=1S/C20H18N4OS2/c25-18(11-13-12-27-20(21-13)17-8-4-10-26-17)24-9-3-7-16(24)19-22-14-5-1-2-6-15(14)23-19/h1-2,4-6,8,10,12,16H,3,7,9,11H2,(H,22,23). The highest BCUT2D eigenvalue weighted by Crippen LogP contribution is 2.33. The smallest absolute Gasteiger partial charge is 0.229 e. The largest absolute Gasteiger partial charge is 0.340 e. The molecule has 0 radical (unpaired) electrons. The number of carbonyl (C=O) groups is 1. The number of para-hydroxylation sites is 2. The number of aromatic amines is 1. The van der Waals surface area contributed by atoms with Crippen LogP contribution in [0.3, 0.4) is 0 Å². The Labute approximate surface area is 164 Å². The van der Waals surface area contributed by atoms with Crippen molar-refractivity contribution in [2.24, 2.45) is 0 Å². The van der Waals surface area contributed by atoms with E-state index in [1.807, 2.05) is 46.0 Å². The second-order valence-electron chi connectivity index (χ2n) is 6.68. The minimum Gasteiger partial charge on any atom is -0.340 e. The molecule has 4 aromatic rings. The summed E-state index contributed by atoms with van der Waals surface area (Å²) in [4.78, 5) is 28.8. The number of nitrogens with one attached hydrogen (secondary N) is 1. The summed E-state index contributed by atoms with van der Waals surface area (Å²) >= 11 is 3.28. The van der Waals surface area contributed by atoms with Crippen LogP contribution in [0.15, 0.2) is 47.2 Å². The molecule has 1 saturated heterocycles. The number of rotatable bonds is 4. The minimum absolute atomic E-state index is 0.0281. The van der Waals surface area contributed by atoms with E-state index in [0.29, 0.717) is 6.42 Å². The summed E-state index contributed by atoms with van der Waals surface area (Å²) in [6, 6.07) is 12.1. The lowest BCUT2D eigenvalue weighted by molar-refractivity contribution is -0.131. The van der Waals surface area contributed by atoms with Crippen LogP contribution in [-0.4, -0.2) is 32.3 Å². The van der Waals surface area contributed by atoms with Crippen molar-refractivity contribution in [3.05, 3.63) is 58.7 Å². The topological polar surface area (TPSA) is 61.9 Å². The average molecular weight is 395 g/mol. The minimum atomic E-state index is 0.0281. The van der Waals surface area contributed by atoms with E-state index in [2.05, 4.69) is 16.0 Å². The molecule has 1 N–H and O–H groups in total. The zero-order chi connectivity index (χ0) is 18.2. The number of H-pyrrole nitrogens is 1.